The molecule has 5 rings (SSSR count). The van der Waals surface area contributed by atoms with Crippen molar-refractivity contribution in [2.45, 2.75) is 57.7 Å². The van der Waals surface area contributed by atoms with Crippen LogP contribution in [0.5, 0.6) is 17.2 Å². The van der Waals surface area contributed by atoms with E-state index in [1.54, 1.807) is 23.1 Å². The third-order valence-corrected chi connectivity index (χ3v) is 6.56. The van der Waals surface area contributed by atoms with Crippen LogP contribution in [-0.2, 0) is 9.59 Å². The molecule has 1 amide bonds. The summed E-state index contributed by atoms with van der Waals surface area (Å²) in [5.74, 6) is 0.305. The zero-order chi connectivity index (χ0) is 23.8. The van der Waals surface area contributed by atoms with E-state index in [1.165, 1.54) is 0 Å². The van der Waals surface area contributed by atoms with Crippen LogP contribution in [0, 0.1) is 0 Å². The molecule has 2 aromatic carbocycles. The number of hydrogen-bond acceptors (Lipinski definition) is 6. The molecule has 1 atom stereocenters. The summed E-state index contributed by atoms with van der Waals surface area (Å²) in [6.07, 6.45) is 3.69. The Bertz CT molecular complexity index is 1150. The lowest BCUT2D eigenvalue weighted by molar-refractivity contribution is -0.141. The van der Waals surface area contributed by atoms with Crippen LogP contribution >= 0.6 is 0 Å². The van der Waals surface area contributed by atoms with E-state index in [2.05, 4.69) is 0 Å². The first-order valence-electron chi connectivity index (χ1n) is 11.9. The van der Waals surface area contributed by atoms with Gasteiger partial charge in [0.2, 0.25) is 0 Å². The number of ketones is 1. The summed E-state index contributed by atoms with van der Waals surface area (Å²) < 4.78 is 17.1. The molecule has 0 bridgehead atoms. The lowest BCUT2D eigenvalue weighted by Crippen LogP contribution is -2.37. The summed E-state index contributed by atoms with van der Waals surface area (Å²) >= 11 is 0. The summed E-state index contributed by atoms with van der Waals surface area (Å²) in [6.45, 7) is 4.75. The maximum atomic E-state index is 13.3. The summed E-state index contributed by atoms with van der Waals surface area (Å²) in [5, 5.41) is 11.4. The molecule has 0 aromatic heterocycles. The first kappa shape index (κ1) is 22.3. The number of hydrogen-bond donors (Lipinski definition) is 1. The predicted molar refractivity (Wildman–Crippen MR) is 126 cm³/mol. The SMILES string of the molecule is CC(C)Oc1cccc(C2/C(=C(/O)c3ccc4c(c3)OCCO4)C(=O)C(=O)N2C2CCCC2)c1. The number of carbonyl (C=O) groups is 2. The Balaban J connectivity index is 1.63. The van der Waals surface area contributed by atoms with Gasteiger partial charge in [-0.3, -0.25) is 9.59 Å². The van der Waals surface area contributed by atoms with E-state index in [9.17, 15) is 14.7 Å². The average molecular weight is 464 g/mol. The molecule has 178 valence electrons. The van der Waals surface area contributed by atoms with Crippen molar-refractivity contribution in [3.63, 3.8) is 0 Å². The third-order valence-electron chi connectivity index (χ3n) is 6.56. The first-order chi connectivity index (χ1) is 16.4. The standard InChI is InChI=1S/C27H29NO6/c1-16(2)34-20-9-5-6-17(14-20)24-23(26(30)27(31)28(24)19-7-3-4-8-19)25(29)18-10-11-21-22(15-18)33-13-12-32-21/h5-6,9-11,14-16,19,24,29H,3-4,7-8,12-13H2,1-2H3/b25-23-. The Morgan fingerprint density at radius 3 is 2.50 bits per heavy atom. The predicted octanol–water partition coefficient (Wildman–Crippen LogP) is 4.61. The monoisotopic (exact) mass is 463 g/mol. The number of likely N-dealkylation sites (tertiary alicyclic amines) is 1. The summed E-state index contributed by atoms with van der Waals surface area (Å²) in [6, 6.07) is 11.8. The Kier molecular flexibility index (Phi) is 5.94. The van der Waals surface area contributed by atoms with Gasteiger partial charge in [-0.1, -0.05) is 25.0 Å². The van der Waals surface area contributed by atoms with Gasteiger partial charge in [0.05, 0.1) is 17.7 Å². The van der Waals surface area contributed by atoms with Crippen LogP contribution in [0.15, 0.2) is 48.0 Å². The van der Waals surface area contributed by atoms with Crippen molar-refractivity contribution >= 4 is 17.4 Å². The van der Waals surface area contributed by atoms with Gasteiger partial charge in [-0.05, 0) is 62.6 Å². The normalized spacial score (nSPS) is 22.0. The van der Waals surface area contributed by atoms with Crippen LogP contribution in [0.4, 0.5) is 0 Å². The fourth-order valence-electron chi connectivity index (χ4n) is 5.11. The number of benzene rings is 2. The van der Waals surface area contributed by atoms with Crippen LogP contribution in [0.1, 0.15) is 56.7 Å². The van der Waals surface area contributed by atoms with Crippen molar-refractivity contribution in [1.29, 1.82) is 0 Å². The molecule has 34 heavy (non-hydrogen) atoms. The highest BCUT2D eigenvalue weighted by Crippen LogP contribution is 2.44. The number of rotatable bonds is 5. The molecular formula is C27H29NO6. The number of fused-ring (bicyclic) bond motifs is 1. The fraction of sp³-hybridized carbons (Fsp3) is 0.407. The van der Waals surface area contributed by atoms with Crippen LogP contribution in [0.25, 0.3) is 5.76 Å². The summed E-state index contributed by atoms with van der Waals surface area (Å²) in [4.78, 5) is 28.3. The molecule has 7 heteroatoms. The van der Waals surface area contributed by atoms with E-state index in [0.29, 0.717) is 36.0 Å². The molecule has 1 unspecified atom stereocenters. The molecule has 2 heterocycles. The van der Waals surface area contributed by atoms with E-state index in [-0.39, 0.29) is 23.5 Å². The highest BCUT2D eigenvalue weighted by Gasteiger charge is 2.49. The van der Waals surface area contributed by atoms with E-state index in [4.69, 9.17) is 14.2 Å². The number of amides is 1. The van der Waals surface area contributed by atoms with E-state index in [1.807, 2.05) is 38.1 Å². The highest BCUT2D eigenvalue weighted by molar-refractivity contribution is 6.46. The minimum atomic E-state index is -0.688. The van der Waals surface area contributed by atoms with Crippen molar-refractivity contribution in [2.24, 2.45) is 0 Å². The second kappa shape index (κ2) is 9.05. The van der Waals surface area contributed by atoms with Crippen LogP contribution in [0.2, 0.25) is 0 Å². The number of nitrogens with zero attached hydrogens (tertiary/aromatic N) is 1. The van der Waals surface area contributed by atoms with E-state index in [0.717, 1.165) is 31.2 Å². The molecule has 7 nitrogen and oxygen atoms in total. The largest absolute Gasteiger partial charge is 0.507 e. The first-order valence-corrected chi connectivity index (χ1v) is 11.9. The van der Waals surface area contributed by atoms with Crippen LogP contribution < -0.4 is 14.2 Å². The number of aliphatic hydroxyl groups is 1. The van der Waals surface area contributed by atoms with Gasteiger partial charge in [0, 0.05) is 11.6 Å². The van der Waals surface area contributed by atoms with Gasteiger partial charge in [0.1, 0.15) is 24.7 Å². The minimum Gasteiger partial charge on any atom is -0.507 e. The lowest BCUT2D eigenvalue weighted by atomic mass is 9.94. The molecule has 1 N–H and O–H groups in total. The molecule has 2 aromatic rings. The molecule has 1 aliphatic carbocycles. The molecule has 3 aliphatic rings. The highest BCUT2D eigenvalue weighted by atomic mass is 16.6. The molecule has 0 radical (unpaired) electrons. The van der Waals surface area contributed by atoms with Gasteiger partial charge in [0.15, 0.2) is 11.5 Å². The van der Waals surface area contributed by atoms with E-state index >= 15 is 0 Å². The molecular weight excluding hydrogens is 434 g/mol. The van der Waals surface area contributed by atoms with Gasteiger partial charge in [-0.25, -0.2) is 0 Å². The molecule has 2 aliphatic heterocycles. The molecule has 1 saturated heterocycles. The topological polar surface area (TPSA) is 85.3 Å². The van der Waals surface area contributed by atoms with Gasteiger partial charge in [-0.15, -0.1) is 0 Å². The second-order valence-corrected chi connectivity index (χ2v) is 9.24. The van der Waals surface area contributed by atoms with Gasteiger partial charge < -0.3 is 24.2 Å². The Labute approximate surface area is 198 Å². The zero-order valence-electron chi connectivity index (χ0n) is 19.5. The summed E-state index contributed by atoms with van der Waals surface area (Å²) in [5.41, 5.74) is 1.24. The quantitative estimate of drug-likeness (QED) is 0.396. The summed E-state index contributed by atoms with van der Waals surface area (Å²) in [7, 11) is 0. The molecule has 1 saturated carbocycles. The number of carbonyl (C=O) groups excluding carboxylic acids is 2. The van der Waals surface area contributed by atoms with Gasteiger partial charge >= 0.3 is 0 Å². The van der Waals surface area contributed by atoms with Crippen LogP contribution in [0.3, 0.4) is 0 Å². The van der Waals surface area contributed by atoms with Crippen molar-refractivity contribution in [1.82, 2.24) is 4.90 Å². The van der Waals surface area contributed by atoms with Gasteiger partial charge in [-0.2, -0.15) is 0 Å². The van der Waals surface area contributed by atoms with Gasteiger partial charge in [0.25, 0.3) is 11.7 Å². The Morgan fingerprint density at radius 2 is 1.76 bits per heavy atom. The fourth-order valence-corrected chi connectivity index (χ4v) is 5.11. The van der Waals surface area contributed by atoms with Crippen molar-refractivity contribution in [3.8, 4) is 17.2 Å². The average Bonchev–Trinajstić information content (AvgIpc) is 3.45. The Morgan fingerprint density at radius 1 is 1.03 bits per heavy atom. The number of ether oxygens (including phenoxy) is 3. The maximum Gasteiger partial charge on any atom is 0.295 e. The zero-order valence-corrected chi connectivity index (χ0v) is 19.5. The number of Topliss-reactive ketones (excluding diaryl/α,β-unsaturated/α-hetero) is 1. The number of aliphatic hydroxyl groups excluding tert-OH is 1. The third kappa shape index (κ3) is 4.00. The lowest BCUT2D eigenvalue weighted by Gasteiger charge is -2.31. The Hall–Kier alpha value is -3.48. The van der Waals surface area contributed by atoms with Crippen molar-refractivity contribution in [2.75, 3.05) is 13.2 Å². The van der Waals surface area contributed by atoms with E-state index < -0.39 is 17.7 Å². The molecule has 0 spiro atoms. The van der Waals surface area contributed by atoms with Crippen molar-refractivity contribution in [3.05, 3.63) is 59.2 Å². The second-order valence-electron chi connectivity index (χ2n) is 9.24. The maximum absolute atomic E-state index is 13.3. The smallest absolute Gasteiger partial charge is 0.295 e. The van der Waals surface area contributed by atoms with Crippen molar-refractivity contribution < 1.29 is 28.9 Å². The minimum absolute atomic E-state index is 0.0193. The molecule has 2 fully saturated rings. The van der Waals surface area contributed by atoms with Crippen LogP contribution in [-0.4, -0.2) is 47.1 Å².